The van der Waals surface area contributed by atoms with E-state index in [9.17, 15) is 0 Å². The summed E-state index contributed by atoms with van der Waals surface area (Å²) in [5, 5.41) is 8.69. The van der Waals surface area contributed by atoms with Crippen molar-refractivity contribution in [2.24, 2.45) is 5.92 Å². The number of ether oxygens (including phenoxy) is 1. The van der Waals surface area contributed by atoms with Crippen molar-refractivity contribution in [1.82, 2.24) is 4.90 Å². The maximum absolute atomic E-state index is 8.69. The Morgan fingerprint density at radius 2 is 2.06 bits per heavy atom. The second kappa shape index (κ2) is 6.42. The highest BCUT2D eigenvalue weighted by atomic mass is 16.5. The molecule has 18 heavy (non-hydrogen) atoms. The van der Waals surface area contributed by atoms with E-state index in [-0.39, 0.29) is 0 Å². The molecule has 1 aliphatic carbocycles. The van der Waals surface area contributed by atoms with E-state index in [4.69, 9.17) is 10.00 Å². The van der Waals surface area contributed by atoms with Crippen LogP contribution < -0.4 is 4.74 Å². The van der Waals surface area contributed by atoms with E-state index in [1.54, 1.807) is 12.1 Å². The quantitative estimate of drug-likeness (QED) is 0.772. The van der Waals surface area contributed by atoms with E-state index in [1.807, 2.05) is 12.1 Å². The van der Waals surface area contributed by atoms with Crippen molar-refractivity contribution < 1.29 is 4.74 Å². The van der Waals surface area contributed by atoms with Gasteiger partial charge in [0.15, 0.2) is 0 Å². The van der Waals surface area contributed by atoms with Crippen LogP contribution >= 0.6 is 0 Å². The lowest BCUT2D eigenvalue weighted by Gasteiger charge is -2.30. The summed E-state index contributed by atoms with van der Waals surface area (Å²) in [6.07, 6.45) is 4.18. The lowest BCUT2D eigenvalue weighted by molar-refractivity contribution is 0.177. The van der Waals surface area contributed by atoms with Crippen molar-refractivity contribution in [2.45, 2.75) is 19.3 Å². The third-order valence-corrected chi connectivity index (χ3v) is 3.52. The van der Waals surface area contributed by atoms with Crippen LogP contribution in [0.3, 0.4) is 0 Å². The molecule has 0 spiro atoms. The highest BCUT2D eigenvalue weighted by Crippen LogP contribution is 2.26. The summed E-state index contributed by atoms with van der Waals surface area (Å²) in [5.41, 5.74) is 0.671. The van der Waals surface area contributed by atoms with Crippen LogP contribution in [0.4, 0.5) is 0 Å². The van der Waals surface area contributed by atoms with E-state index in [2.05, 4.69) is 18.0 Å². The van der Waals surface area contributed by atoms with Gasteiger partial charge in [0.2, 0.25) is 0 Å². The molecule has 0 bridgehead atoms. The largest absolute Gasteiger partial charge is 0.492 e. The molecule has 1 aromatic rings. The lowest BCUT2D eigenvalue weighted by atomic mass is 9.85. The zero-order valence-electron chi connectivity index (χ0n) is 10.9. The van der Waals surface area contributed by atoms with E-state index in [0.29, 0.717) is 12.2 Å². The molecule has 0 atom stereocenters. The minimum Gasteiger partial charge on any atom is -0.492 e. The van der Waals surface area contributed by atoms with Gasteiger partial charge in [-0.2, -0.15) is 5.26 Å². The van der Waals surface area contributed by atoms with Gasteiger partial charge in [0.25, 0.3) is 0 Å². The maximum atomic E-state index is 8.69. The van der Waals surface area contributed by atoms with Gasteiger partial charge in [-0.3, -0.25) is 0 Å². The SMILES string of the molecule is CN(CCOc1ccc(C#N)cc1)CC1CCC1. The number of nitrogens with zero attached hydrogens (tertiary/aromatic N) is 2. The molecule has 0 aromatic heterocycles. The summed E-state index contributed by atoms with van der Waals surface area (Å²) in [7, 11) is 2.15. The van der Waals surface area contributed by atoms with E-state index >= 15 is 0 Å². The molecule has 0 N–H and O–H groups in total. The summed E-state index contributed by atoms with van der Waals surface area (Å²) in [6, 6.07) is 9.37. The molecule has 2 rings (SSSR count). The highest BCUT2D eigenvalue weighted by molar-refractivity contribution is 5.34. The molecule has 1 saturated carbocycles. The summed E-state index contributed by atoms with van der Waals surface area (Å²) in [6.45, 7) is 2.85. The molecule has 0 radical (unpaired) electrons. The molecule has 0 heterocycles. The summed E-state index contributed by atoms with van der Waals surface area (Å²) >= 11 is 0. The van der Waals surface area contributed by atoms with Gasteiger partial charge in [-0.05, 0) is 50.1 Å². The summed E-state index contributed by atoms with van der Waals surface area (Å²) < 4.78 is 5.66. The first-order chi connectivity index (χ1) is 8.78. The molecule has 1 fully saturated rings. The first kappa shape index (κ1) is 12.9. The van der Waals surface area contributed by atoms with Gasteiger partial charge >= 0.3 is 0 Å². The Morgan fingerprint density at radius 1 is 1.33 bits per heavy atom. The Morgan fingerprint density at radius 3 is 2.61 bits per heavy atom. The third-order valence-electron chi connectivity index (χ3n) is 3.52. The Balaban J connectivity index is 1.66. The average Bonchev–Trinajstić information content (AvgIpc) is 2.35. The number of nitriles is 1. The van der Waals surface area contributed by atoms with Crippen LogP contribution in [0.1, 0.15) is 24.8 Å². The van der Waals surface area contributed by atoms with Gasteiger partial charge in [0, 0.05) is 13.1 Å². The normalized spacial score (nSPS) is 15.2. The predicted octanol–water partition coefficient (Wildman–Crippen LogP) is 2.67. The van der Waals surface area contributed by atoms with Gasteiger partial charge in [-0.25, -0.2) is 0 Å². The van der Waals surface area contributed by atoms with Crippen LogP contribution in [-0.4, -0.2) is 31.6 Å². The Kier molecular flexibility index (Phi) is 4.60. The second-order valence-electron chi connectivity index (χ2n) is 5.04. The van der Waals surface area contributed by atoms with Crippen molar-refractivity contribution in [2.75, 3.05) is 26.7 Å². The number of hydrogen-bond donors (Lipinski definition) is 0. The molecule has 0 aliphatic heterocycles. The van der Waals surface area contributed by atoms with Gasteiger partial charge in [-0.15, -0.1) is 0 Å². The smallest absolute Gasteiger partial charge is 0.119 e. The van der Waals surface area contributed by atoms with Crippen molar-refractivity contribution >= 4 is 0 Å². The van der Waals surface area contributed by atoms with Crippen LogP contribution in [0.2, 0.25) is 0 Å². The van der Waals surface area contributed by atoms with Gasteiger partial charge < -0.3 is 9.64 Å². The molecular weight excluding hydrogens is 224 g/mol. The Bertz CT molecular complexity index is 403. The Labute approximate surface area is 109 Å². The fourth-order valence-corrected chi connectivity index (χ4v) is 2.15. The standard InChI is InChI=1S/C15H20N2O/c1-17(12-14-3-2-4-14)9-10-18-15-7-5-13(11-16)6-8-15/h5-8,14H,2-4,9-10,12H2,1H3. The summed E-state index contributed by atoms with van der Waals surface area (Å²) in [4.78, 5) is 2.34. The van der Waals surface area contributed by atoms with Crippen molar-refractivity contribution in [3.05, 3.63) is 29.8 Å². The zero-order chi connectivity index (χ0) is 12.8. The van der Waals surface area contributed by atoms with Gasteiger partial charge in [-0.1, -0.05) is 6.42 Å². The Hall–Kier alpha value is -1.53. The molecular formula is C15H20N2O. The van der Waals surface area contributed by atoms with Crippen LogP contribution in [0.15, 0.2) is 24.3 Å². The van der Waals surface area contributed by atoms with E-state index in [0.717, 1.165) is 18.2 Å². The van der Waals surface area contributed by atoms with E-state index in [1.165, 1.54) is 25.8 Å². The van der Waals surface area contributed by atoms with Gasteiger partial charge in [0.05, 0.1) is 11.6 Å². The summed E-state index contributed by atoms with van der Waals surface area (Å²) in [5.74, 6) is 1.75. The van der Waals surface area contributed by atoms with Crippen molar-refractivity contribution in [1.29, 1.82) is 5.26 Å². The van der Waals surface area contributed by atoms with Crippen LogP contribution in [0.25, 0.3) is 0 Å². The number of rotatable bonds is 6. The monoisotopic (exact) mass is 244 g/mol. The minimum absolute atomic E-state index is 0.671. The molecule has 96 valence electrons. The van der Waals surface area contributed by atoms with Gasteiger partial charge in [0.1, 0.15) is 12.4 Å². The topological polar surface area (TPSA) is 36.3 Å². The molecule has 0 unspecified atom stereocenters. The number of likely N-dealkylation sites (N-methyl/N-ethyl adjacent to an activating group) is 1. The van der Waals surface area contributed by atoms with Crippen LogP contribution in [-0.2, 0) is 0 Å². The fourth-order valence-electron chi connectivity index (χ4n) is 2.15. The maximum Gasteiger partial charge on any atom is 0.119 e. The molecule has 3 nitrogen and oxygen atoms in total. The first-order valence-electron chi connectivity index (χ1n) is 6.59. The molecule has 0 saturated heterocycles. The molecule has 3 heteroatoms. The molecule has 0 amide bonds. The molecule has 1 aromatic carbocycles. The highest BCUT2D eigenvalue weighted by Gasteiger charge is 2.18. The fraction of sp³-hybridized carbons (Fsp3) is 0.533. The first-order valence-corrected chi connectivity index (χ1v) is 6.59. The van der Waals surface area contributed by atoms with E-state index < -0.39 is 0 Å². The third kappa shape index (κ3) is 3.75. The van der Waals surface area contributed by atoms with Crippen LogP contribution in [0.5, 0.6) is 5.75 Å². The van der Waals surface area contributed by atoms with Crippen LogP contribution in [0, 0.1) is 17.2 Å². The molecule has 1 aliphatic rings. The van der Waals surface area contributed by atoms with Crippen molar-refractivity contribution in [3.63, 3.8) is 0 Å². The number of hydrogen-bond acceptors (Lipinski definition) is 3. The average molecular weight is 244 g/mol. The predicted molar refractivity (Wildman–Crippen MR) is 71.5 cm³/mol. The number of benzene rings is 1. The second-order valence-corrected chi connectivity index (χ2v) is 5.04. The van der Waals surface area contributed by atoms with Crippen molar-refractivity contribution in [3.8, 4) is 11.8 Å². The zero-order valence-corrected chi connectivity index (χ0v) is 10.9. The minimum atomic E-state index is 0.671. The lowest BCUT2D eigenvalue weighted by Crippen LogP contribution is -2.32.